The minimum atomic E-state index is -0.414. The van der Waals surface area contributed by atoms with Crippen molar-refractivity contribution in [2.24, 2.45) is 5.92 Å². The number of benzene rings is 1. The van der Waals surface area contributed by atoms with Crippen molar-refractivity contribution in [3.05, 3.63) is 58.8 Å². The molecule has 0 bridgehead atoms. The van der Waals surface area contributed by atoms with Crippen LogP contribution in [0.2, 0.25) is 5.02 Å². The third-order valence-corrected chi connectivity index (χ3v) is 3.63. The highest BCUT2D eigenvalue weighted by Crippen LogP contribution is 2.30. The molecule has 5 heteroatoms. The fraction of sp³-hybridized carbons (Fsp3) is 0.235. The van der Waals surface area contributed by atoms with Gasteiger partial charge < -0.3 is 9.15 Å². The minimum absolute atomic E-state index is 0.146. The predicted molar refractivity (Wildman–Crippen MR) is 81.2 cm³/mol. The van der Waals surface area contributed by atoms with E-state index in [1.807, 2.05) is 0 Å². The summed E-state index contributed by atoms with van der Waals surface area (Å²) in [4.78, 5) is 11.6. The van der Waals surface area contributed by atoms with E-state index < -0.39 is 5.82 Å². The number of carbonyl (C=O) groups excluding carboxylic acids is 1. The van der Waals surface area contributed by atoms with Crippen LogP contribution in [-0.4, -0.2) is 5.78 Å². The SMILES string of the molecule is O=C(/C=C/c1ccc(COc2ccc(F)cc2Cl)o1)C1CC1. The molecule has 2 aromatic rings. The molecule has 0 amide bonds. The molecule has 0 aliphatic heterocycles. The molecule has 1 aliphatic carbocycles. The van der Waals surface area contributed by atoms with Crippen LogP contribution in [0.3, 0.4) is 0 Å². The highest BCUT2D eigenvalue weighted by molar-refractivity contribution is 6.32. The first kappa shape index (κ1) is 14.9. The number of rotatable bonds is 6. The van der Waals surface area contributed by atoms with Gasteiger partial charge in [0.1, 0.15) is 29.7 Å². The minimum Gasteiger partial charge on any atom is -0.484 e. The second-order valence-corrected chi connectivity index (χ2v) is 5.58. The molecule has 3 nitrogen and oxygen atoms in total. The lowest BCUT2D eigenvalue weighted by atomic mass is 10.2. The van der Waals surface area contributed by atoms with Crippen molar-refractivity contribution in [2.45, 2.75) is 19.4 Å². The summed E-state index contributed by atoms with van der Waals surface area (Å²) in [6.45, 7) is 0.176. The second kappa shape index (κ2) is 6.36. The van der Waals surface area contributed by atoms with E-state index in [4.69, 9.17) is 20.8 Å². The fourth-order valence-electron chi connectivity index (χ4n) is 1.97. The molecule has 1 fully saturated rings. The Balaban J connectivity index is 1.58. The maximum Gasteiger partial charge on any atom is 0.158 e. The molecular weight excluding hydrogens is 307 g/mol. The normalized spacial score (nSPS) is 14.5. The molecule has 0 unspecified atom stereocenters. The molecule has 0 N–H and O–H groups in total. The molecule has 1 heterocycles. The number of furan rings is 1. The van der Waals surface area contributed by atoms with Crippen molar-refractivity contribution < 1.29 is 18.3 Å². The van der Waals surface area contributed by atoms with Crippen LogP contribution >= 0.6 is 11.6 Å². The Labute approximate surface area is 132 Å². The van der Waals surface area contributed by atoms with Gasteiger partial charge in [-0.15, -0.1) is 0 Å². The van der Waals surface area contributed by atoms with E-state index in [0.29, 0.717) is 17.3 Å². The van der Waals surface area contributed by atoms with Gasteiger partial charge in [0, 0.05) is 5.92 Å². The van der Waals surface area contributed by atoms with Crippen molar-refractivity contribution in [3.63, 3.8) is 0 Å². The van der Waals surface area contributed by atoms with Crippen LogP contribution in [-0.2, 0) is 11.4 Å². The lowest BCUT2D eigenvalue weighted by Crippen LogP contribution is -1.94. The highest BCUT2D eigenvalue weighted by atomic mass is 35.5. The summed E-state index contributed by atoms with van der Waals surface area (Å²) >= 11 is 5.88. The van der Waals surface area contributed by atoms with E-state index in [0.717, 1.165) is 12.8 Å². The number of ether oxygens (including phenoxy) is 1. The van der Waals surface area contributed by atoms with Crippen LogP contribution in [0.25, 0.3) is 6.08 Å². The first-order chi connectivity index (χ1) is 10.6. The monoisotopic (exact) mass is 320 g/mol. The highest BCUT2D eigenvalue weighted by Gasteiger charge is 2.27. The maximum atomic E-state index is 12.9. The van der Waals surface area contributed by atoms with Gasteiger partial charge in [-0.3, -0.25) is 4.79 Å². The third-order valence-electron chi connectivity index (χ3n) is 3.34. The quantitative estimate of drug-likeness (QED) is 0.728. The van der Waals surface area contributed by atoms with Crippen molar-refractivity contribution in [3.8, 4) is 5.75 Å². The zero-order valence-corrected chi connectivity index (χ0v) is 12.5. The molecule has 1 aromatic heterocycles. The summed E-state index contributed by atoms with van der Waals surface area (Å²) in [5.74, 6) is 1.52. The van der Waals surface area contributed by atoms with Gasteiger partial charge in [-0.1, -0.05) is 11.6 Å². The molecule has 3 rings (SSSR count). The zero-order valence-electron chi connectivity index (χ0n) is 11.7. The number of halogens is 2. The smallest absolute Gasteiger partial charge is 0.158 e. The summed E-state index contributed by atoms with van der Waals surface area (Å²) in [7, 11) is 0. The number of hydrogen-bond acceptors (Lipinski definition) is 3. The Bertz CT molecular complexity index is 716. The van der Waals surface area contributed by atoms with E-state index in [-0.39, 0.29) is 23.3 Å². The Hall–Kier alpha value is -2.07. The third kappa shape index (κ3) is 3.77. The maximum absolute atomic E-state index is 12.9. The van der Waals surface area contributed by atoms with Gasteiger partial charge in [-0.2, -0.15) is 0 Å². The molecule has 1 aliphatic rings. The van der Waals surface area contributed by atoms with Crippen molar-refractivity contribution in [1.29, 1.82) is 0 Å². The van der Waals surface area contributed by atoms with E-state index in [2.05, 4.69) is 0 Å². The molecule has 114 valence electrons. The Morgan fingerprint density at radius 2 is 2.18 bits per heavy atom. The van der Waals surface area contributed by atoms with E-state index >= 15 is 0 Å². The first-order valence-electron chi connectivity index (χ1n) is 7.00. The average Bonchev–Trinajstić information content (AvgIpc) is 3.24. The standard InChI is InChI=1S/C17H14ClFO3/c18-15-9-12(19)3-8-17(15)21-10-14-5-4-13(22-14)6-7-16(20)11-1-2-11/h3-9,11H,1-2,10H2/b7-6+. The fourth-order valence-corrected chi connectivity index (χ4v) is 2.19. The van der Waals surface area contributed by atoms with Gasteiger partial charge in [-0.25, -0.2) is 4.39 Å². The van der Waals surface area contributed by atoms with E-state index in [9.17, 15) is 9.18 Å². The van der Waals surface area contributed by atoms with Crippen molar-refractivity contribution in [1.82, 2.24) is 0 Å². The Morgan fingerprint density at radius 1 is 1.36 bits per heavy atom. The number of carbonyl (C=O) groups is 1. The number of allylic oxidation sites excluding steroid dienone is 1. The second-order valence-electron chi connectivity index (χ2n) is 5.18. The van der Waals surface area contributed by atoms with Gasteiger partial charge in [0.05, 0.1) is 5.02 Å². The molecule has 1 saturated carbocycles. The molecule has 0 saturated heterocycles. The van der Waals surface area contributed by atoms with Crippen molar-refractivity contribution >= 4 is 23.5 Å². The van der Waals surface area contributed by atoms with Gasteiger partial charge in [0.15, 0.2) is 5.78 Å². The molecule has 22 heavy (non-hydrogen) atoms. The van der Waals surface area contributed by atoms with Gasteiger partial charge in [0.25, 0.3) is 0 Å². The molecule has 0 spiro atoms. The van der Waals surface area contributed by atoms with Crippen LogP contribution in [0.1, 0.15) is 24.4 Å². The number of hydrogen-bond donors (Lipinski definition) is 0. The summed E-state index contributed by atoms with van der Waals surface area (Å²) in [6, 6.07) is 7.47. The Kier molecular flexibility index (Phi) is 4.29. The Morgan fingerprint density at radius 3 is 2.91 bits per heavy atom. The molecule has 0 radical (unpaired) electrons. The predicted octanol–water partition coefficient (Wildman–Crippen LogP) is 4.64. The van der Waals surface area contributed by atoms with Crippen LogP contribution < -0.4 is 4.74 Å². The molecule has 1 aromatic carbocycles. The lowest BCUT2D eigenvalue weighted by molar-refractivity contribution is -0.115. The zero-order chi connectivity index (χ0) is 15.5. The summed E-state index contributed by atoms with van der Waals surface area (Å²) in [5, 5.41) is 0.210. The van der Waals surface area contributed by atoms with Crippen LogP contribution in [0.4, 0.5) is 4.39 Å². The van der Waals surface area contributed by atoms with Gasteiger partial charge in [0.2, 0.25) is 0 Å². The van der Waals surface area contributed by atoms with Crippen molar-refractivity contribution in [2.75, 3.05) is 0 Å². The summed E-state index contributed by atoms with van der Waals surface area (Å²) in [6.07, 6.45) is 5.19. The lowest BCUT2D eigenvalue weighted by Gasteiger charge is -2.05. The van der Waals surface area contributed by atoms with Crippen LogP contribution in [0.5, 0.6) is 5.75 Å². The first-order valence-corrected chi connectivity index (χ1v) is 7.38. The van der Waals surface area contributed by atoms with E-state index in [1.165, 1.54) is 18.2 Å². The van der Waals surface area contributed by atoms with E-state index in [1.54, 1.807) is 24.3 Å². The largest absolute Gasteiger partial charge is 0.484 e. The van der Waals surface area contributed by atoms with Gasteiger partial charge >= 0.3 is 0 Å². The van der Waals surface area contributed by atoms with Gasteiger partial charge in [-0.05, 0) is 55.3 Å². The number of ketones is 1. The molecular formula is C17H14ClFO3. The van der Waals surface area contributed by atoms with Crippen LogP contribution in [0, 0.1) is 11.7 Å². The summed E-state index contributed by atoms with van der Waals surface area (Å²) in [5.41, 5.74) is 0. The molecule has 0 atom stereocenters. The van der Waals surface area contributed by atoms with Crippen LogP contribution in [0.15, 0.2) is 40.8 Å². The topological polar surface area (TPSA) is 39.4 Å². The average molecular weight is 321 g/mol. The summed E-state index contributed by atoms with van der Waals surface area (Å²) < 4.78 is 24.0.